The molecule has 1 saturated heterocycles. The molecule has 1 N–H and O–H groups in total. The minimum atomic E-state index is -0.435. The van der Waals surface area contributed by atoms with E-state index in [0.29, 0.717) is 5.69 Å². The van der Waals surface area contributed by atoms with Crippen LogP contribution in [-0.2, 0) is 4.79 Å². The third-order valence-electron chi connectivity index (χ3n) is 3.24. The second-order valence-electron chi connectivity index (χ2n) is 4.72. The van der Waals surface area contributed by atoms with Crippen molar-refractivity contribution in [3.8, 4) is 0 Å². The Balaban J connectivity index is 2.02. The number of benzene rings is 1. The Morgan fingerprint density at radius 3 is 2.74 bits per heavy atom. The third-order valence-corrected chi connectivity index (χ3v) is 3.24. The summed E-state index contributed by atoms with van der Waals surface area (Å²) in [5.41, 5.74) is 1.22. The van der Waals surface area contributed by atoms with E-state index in [-0.39, 0.29) is 18.1 Å². The molecular formula is C13H17N3O3. The molecule has 1 amide bonds. The molecule has 0 bridgehead atoms. The summed E-state index contributed by atoms with van der Waals surface area (Å²) in [5, 5.41) is 13.8. The van der Waals surface area contributed by atoms with Crippen LogP contribution in [0, 0.1) is 17.0 Å². The van der Waals surface area contributed by atoms with E-state index in [2.05, 4.69) is 5.32 Å². The Bertz CT molecular complexity index is 496. The van der Waals surface area contributed by atoms with Gasteiger partial charge in [0.1, 0.15) is 5.69 Å². The molecule has 1 aliphatic heterocycles. The highest BCUT2D eigenvalue weighted by Gasteiger charge is 2.19. The zero-order chi connectivity index (χ0) is 13.8. The van der Waals surface area contributed by atoms with E-state index < -0.39 is 4.92 Å². The van der Waals surface area contributed by atoms with Crippen LogP contribution < -0.4 is 5.32 Å². The molecule has 0 atom stereocenters. The van der Waals surface area contributed by atoms with E-state index in [1.54, 1.807) is 24.0 Å². The van der Waals surface area contributed by atoms with Gasteiger partial charge in [-0.05, 0) is 31.4 Å². The predicted octanol–water partition coefficient (Wildman–Crippen LogP) is 1.94. The molecule has 1 aromatic carbocycles. The van der Waals surface area contributed by atoms with Crippen molar-refractivity contribution in [2.24, 2.45) is 0 Å². The van der Waals surface area contributed by atoms with Crippen LogP contribution in [0.4, 0.5) is 11.4 Å². The number of nitrogens with one attached hydrogen (secondary N) is 1. The predicted molar refractivity (Wildman–Crippen MR) is 72.1 cm³/mol. The maximum atomic E-state index is 11.9. The number of aryl methyl sites for hydroxylation is 1. The van der Waals surface area contributed by atoms with E-state index in [0.717, 1.165) is 31.5 Å². The number of nitro groups is 1. The smallest absolute Gasteiger partial charge is 0.292 e. The maximum absolute atomic E-state index is 11.9. The second kappa shape index (κ2) is 5.69. The fraction of sp³-hybridized carbons (Fsp3) is 0.462. The van der Waals surface area contributed by atoms with Gasteiger partial charge in [0.05, 0.1) is 11.5 Å². The highest BCUT2D eigenvalue weighted by atomic mass is 16.6. The molecule has 0 aliphatic carbocycles. The number of hydrogen-bond acceptors (Lipinski definition) is 4. The molecule has 2 rings (SSSR count). The Morgan fingerprint density at radius 1 is 1.42 bits per heavy atom. The lowest BCUT2D eigenvalue weighted by Crippen LogP contribution is -2.33. The van der Waals surface area contributed by atoms with Crippen molar-refractivity contribution < 1.29 is 9.72 Å². The summed E-state index contributed by atoms with van der Waals surface area (Å²) in [6.45, 7) is 3.48. The Hall–Kier alpha value is -2.11. The van der Waals surface area contributed by atoms with E-state index in [1.807, 2.05) is 0 Å². The van der Waals surface area contributed by atoms with Gasteiger partial charge in [-0.3, -0.25) is 14.9 Å². The summed E-state index contributed by atoms with van der Waals surface area (Å²) < 4.78 is 0. The number of rotatable bonds is 4. The number of likely N-dealkylation sites (tertiary alicyclic amines) is 1. The van der Waals surface area contributed by atoms with Gasteiger partial charge < -0.3 is 10.2 Å². The van der Waals surface area contributed by atoms with Gasteiger partial charge in [0.15, 0.2) is 0 Å². The molecule has 0 spiro atoms. The Labute approximate surface area is 111 Å². The number of nitrogens with zero attached hydrogens (tertiary/aromatic N) is 2. The normalized spacial score (nSPS) is 14.5. The summed E-state index contributed by atoms with van der Waals surface area (Å²) >= 11 is 0. The van der Waals surface area contributed by atoms with Gasteiger partial charge in [-0.1, -0.05) is 6.07 Å². The van der Waals surface area contributed by atoms with Gasteiger partial charge >= 0.3 is 0 Å². The number of hydrogen-bond donors (Lipinski definition) is 1. The lowest BCUT2D eigenvalue weighted by atomic mass is 10.2. The SMILES string of the molecule is Cc1ccc(NCC(=O)N2CCCC2)c([N+](=O)[O-])c1. The van der Waals surface area contributed by atoms with Crippen LogP contribution in [0.3, 0.4) is 0 Å². The number of amides is 1. The van der Waals surface area contributed by atoms with Crippen molar-refractivity contribution in [2.75, 3.05) is 25.0 Å². The zero-order valence-electron chi connectivity index (χ0n) is 10.9. The van der Waals surface area contributed by atoms with Crippen LogP contribution in [0.1, 0.15) is 18.4 Å². The van der Waals surface area contributed by atoms with Gasteiger partial charge in [0.25, 0.3) is 5.69 Å². The summed E-state index contributed by atoms with van der Waals surface area (Å²) in [7, 11) is 0. The van der Waals surface area contributed by atoms with Gasteiger partial charge in [-0.15, -0.1) is 0 Å². The maximum Gasteiger partial charge on any atom is 0.292 e. The molecule has 0 aromatic heterocycles. The van der Waals surface area contributed by atoms with Crippen LogP contribution in [0.25, 0.3) is 0 Å². The molecule has 0 unspecified atom stereocenters. The Kier molecular flexibility index (Phi) is 3.99. The summed E-state index contributed by atoms with van der Waals surface area (Å²) in [6.07, 6.45) is 2.08. The van der Waals surface area contributed by atoms with E-state index in [1.165, 1.54) is 6.07 Å². The first-order valence-corrected chi connectivity index (χ1v) is 6.34. The summed E-state index contributed by atoms with van der Waals surface area (Å²) in [4.78, 5) is 24.2. The molecule has 0 saturated carbocycles. The van der Waals surface area contributed by atoms with Crippen molar-refractivity contribution in [1.82, 2.24) is 4.90 Å². The first-order chi connectivity index (χ1) is 9.08. The van der Waals surface area contributed by atoms with Crippen LogP contribution >= 0.6 is 0 Å². The number of nitro benzene ring substituents is 1. The molecule has 6 heteroatoms. The number of carbonyl (C=O) groups excluding carboxylic acids is 1. The minimum absolute atomic E-state index is 0.00706. The summed E-state index contributed by atoms with van der Waals surface area (Å²) in [6, 6.07) is 4.93. The van der Waals surface area contributed by atoms with Crippen molar-refractivity contribution >= 4 is 17.3 Å². The van der Waals surface area contributed by atoms with Gasteiger partial charge in [0, 0.05) is 19.2 Å². The lowest BCUT2D eigenvalue weighted by Gasteiger charge is -2.16. The quantitative estimate of drug-likeness (QED) is 0.665. The average Bonchev–Trinajstić information content (AvgIpc) is 2.90. The fourth-order valence-electron chi connectivity index (χ4n) is 2.19. The first-order valence-electron chi connectivity index (χ1n) is 6.34. The van der Waals surface area contributed by atoms with Crippen LogP contribution in [-0.4, -0.2) is 35.4 Å². The average molecular weight is 263 g/mol. The molecule has 1 fully saturated rings. The largest absolute Gasteiger partial charge is 0.371 e. The molecular weight excluding hydrogens is 246 g/mol. The first kappa shape index (κ1) is 13.3. The van der Waals surface area contributed by atoms with Gasteiger partial charge in [-0.25, -0.2) is 0 Å². The van der Waals surface area contributed by atoms with E-state index in [9.17, 15) is 14.9 Å². The minimum Gasteiger partial charge on any atom is -0.371 e. The monoisotopic (exact) mass is 263 g/mol. The van der Waals surface area contributed by atoms with Crippen molar-refractivity contribution in [3.05, 3.63) is 33.9 Å². The molecule has 1 aromatic rings. The second-order valence-corrected chi connectivity index (χ2v) is 4.72. The highest BCUT2D eigenvalue weighted by Crippen LogP contribution is 2.25. The number of carbonyl (C=O) groups is 1. The van der Waals surface area contributed by atoms with Crippen molar-refractivity contribution in [2.45, 2.75) is 19.8 Å². The molecule has 1 heterocycles. The summed E-state index contributed by atoms with van der Waals surface area (Å²) in [5.74, 6) is -0.00706. The highest BCUT2D eigenvalue weighted by molar-refractivity contribution is 5.82. The standard InChI is InChI=1S/C13H17N3O3/c1-10-4-5-11(12(8-10)16(18)19)14-9-13(17)15-6-2-3-7-15/h4-5,8,14H,2-3,6-7,9H2,1H3. The zero-order valence-corrected chi connectivity index (χ0v) is 10.9. The fourth-order valence-corrected chi connectivity index (χ4v) is 2.19. The van der Waals surface area contributed by atoms with E-state index in [4.69, 9.17) is 0 Å². The van der Waals surface area contributed by atoms with Crippen molar-refractivity contribution in [1.29, 1.82) is 0 Å². The van der Waals surface area contributed by atoms with Gasteiger partial charge in [-0.2, -0.15) is 0 Å². The third kappa shape index (κ3) is 3.21. The van der Waals surface area contributed by atoms with Crippen LogP contribution in [0.2, 0.25) is 0 Å². The topological polar surface area (TPSA) is 75.5 Å². The number of anilines is 1. The van der Waals surface area contributed by atoms with Crippen molar-refractivity contribution in [3.63, 3.8) is 0 Å². The van der Waals surface area contributed by atoms with Gasteiger partial charge in [0.2, 0.25) is 5.91 Å². The molecule has 19 heavy (non-hydrogen) atoms. The molecule has 1 aliphatic rings. The van der Waals surface area contributed by atoms with E-state index >= 15 is 0 Å². The van der Waals surface area contributed by atoms with Crippen LogP contribution in [0.5, 0.6) is 0 Å². The lowest BCUT2D eigenvalue weighted by molar-refractivity contribution is -0.384. The molecule has 6 nitrogen and oxygen atoms in total. The molecule has 0 radical (unpaired) electrons. The molecule has 102 valence electrons. The van der Waals surface area contributed by atoms with Crippen LogP contribution in [0.15, 0.2) is 18.2 Å². The Morgan fingerprint density at radius 2 is 2.11 bits per heavy atom.